The van der Waals surface area contributed by atoms with Crippen LogP contribution >= 0.6 is 0 Å². The third kappa shape index (κ3) is 4.35. The van der Waals surface area contributed by atoms with Gasteiger partial charge in [0, 0.05) is 24.2 Å². The minimum atomic E-state index is -0.233. The number of nitrogens with zero attached hydrogens (tertiary/aromatic N) is 3. The summed E-state index contributed by atoms with van der Waals surface area (Å²) >= 11 is 0. The van der Waals surface area contributed by atoms with Gasteiger partial charge < -0.3 is 10.6 Å². The first-order valence-corrected chi connectivity index (χ1v) is 9.77. The van der Waals surface area contributed by atoms with Crippen molar-refractivity contribution in [3.8, 4) is 16.8 Å². The Balaban J connectivity index is 1.68. The first-order chi connectivity index (χ1) is 15.0. The fourth-order valence-corrected chi connectivity index (χ4v) is 3.34. The summed E-state index contributed by atoms with van der Waals surface area (Å²) in [5, 5.41) is 10.4. The minimum Gasteiger partial charge on any atom is -0.321 e. The zero-order valence-corrected chi connectivity index (χ0v) is 17.2. The van der Waals surface area contributed by atoms with Crippen molar-refractivity contribution in [2.45, 2.75) is 13.8 Å². The standard InChI is InChI=1S/C24H21N5O2/c1-16-22(18-7-4-3-5-8-18)23(26-17(2)30)29(28-16)21-12-10-19(11-13-21)24(31)27-20-9-6-14-25-15-20/h3-15H,1-2H3,(H,26,30)(H,27,31). The molecule has 0 unspecified atom stereocenters. The molecule has 0 atom stereocenters. The Kier molecular flexibility index (Phi) is 5.57. The molecular weight excluding hydrogens is 390 g/mol. The number of nitrogens with one attached hydrogen (secondary N) is 2. The molecule has 7 nitrogen and oxygen atoms in total. The molecule has 0 saturated heterocycles. The van der Waals surface area contributed by atoms with E-state index in [2.05, 4.69) is 20.7 Å². The van der Waals surface area contributed by atoms with Crippen LogP contribution in [0.15, 0.2) is 79.1 Å². The highest BCUT2D eigenvalue weighted by atomic mass is 16.2. The number of amides is 2. The second-order valence-electron chi connectivity index (χ2n) is 7.01. The van der Waals surface area contributed by atoms with Gasteiger partial charge in [-0.25, -0.2) is 4.68 Å². The van der Waals surface area contributed by atoms with Gasteiger partial charge in [-0.05, 0) is 48.9 Å². The molecule has 0 aliphatic heterocycles. The highest BCUT2D eigenvalue weighted by Gasteiger charge is 2.19. The number of aryl methyl sites for hydroxylation is 1. The molecule has 2 aromatic carbocycles. The molecular formula is C24H21N5O2. The fourth-order valence-electron chi connectivity index (χ4n) is 3.34. The molecule has 0 bridgehead atoms. The maximum atomic E-state index is 12.5. The summed E-state index contributed by atoms with van der Waals surface area (Å²) in [5.74, 6) is 0.165. The van der Waals surface area contributed by atoms with Gasteiger partial charge in [-0.3, -0.25) is 14.6 Å². The molecule has 2 heterocycles. The monoisotopic (exact) mass is 411 g/mol. The van der Waals surface area contributed by atoms with Crippen molar-refractivity contribution in [2.24, 2.45) is 0 Å². The molecule has 4 aromatic rings. The van der Waals surface area contributed by atoms with Crippen LogP contribution in [0.4, 0.5) is 11.5 Å². The first kappa shape index (κ1) is 20.0. The second-order valence-corrected chi connectivity index (χ2v) is 7.01. The molecule has 0 fully saturated rings. The number of hydrogen-bond donors (Lipinski definition) is 2. The van der Waals surface area contributed by atoms with Gasteiger partial charge in [-0.1, -0.05) is 30.3 Å². The van der Waals surface area contributed by atoms with Crippen LogP contribution in [0.3, 0.4) is 0 Å². The molecule has 4 rings (SSSR count). The largest absolute Gasteiger partial charge is 0.321 e. The molecule has 31 heavy (non-hydrogen) atoms. The topological polar surface area (TPSA) is 88.9 Å². The van der Waals surface area contributed by atoms with Gasteiger partial charge in [0.1, 0.15) is 5.82 Å². The summed E-state index contributed by atoms with van der Waals surface area (Å²) in [6, 6.07) is 20.3. The lowest BCUT2D eigenvalue weighted by molar-refractivity contribution is -0.114. The number of pyridine rings is 1. The van der Waals surface area contributed by atoms with E-state index < -0.39 is 0 Å². The molecule has 2 aromatic heterocycles. The summed E-state index contributed by atoms with van der Waals surface area (Å²) in [4.78, 5) is 28.4. The number of benzene rings is 2. The molecule has 0 saturated carbocycles. The summed E-state index contributed by atoms with van der Waals surface area (Å²) in [6.45, 7) is 3.37. The molecule has 0 spiro atoms. The lowest BCUT2D eigenvalue weighted by Crippen LogP contribution is -2.13. The molecule has 154 valence electrons. The SMILES string of the molecule is CC(=O)Nc1c(-c2ccccc2)c(C)nn1-c1ccc(C(=O)Nc2cccnc2)cc1. The molecule has 7 heteroatoms. The number of aromatic nitrogens is 3. The van der Waals surface area contributed by atoms with Gasteiger partial charge in [-0.15, -0.1) is 0 Å². The zero-order valence-electron chi connectivity index (χ0n) is 17.2. The van der Waals surface area contributed by atoms with Gasteiger partial charge >= 0.3 is 0 Å². The third-order valence-corrected chi connectivity index (χ3v) is 4.71. The van der Waals surface area contributed by atoms with Crippen molar-refractivity contribution in [1.82, 2.24) is 14.8 Å². The summed E-state index contributed by atoms with van der Waals surface area (Å²) in [5.41, 5.74) is 4.46. The van der Waals surface area contributed by atoms with Crippen molar-refractivity contribution in [3.05, 3.63) is 90.4 Å². The molecule has 0 aliphatic rings. The second kappa shape index (κ2) is 8.62. The van der Waals surface area contributed by atoms with Crippen molar-refractivity contribution in [3.63, 3.8) is 0 Å². The molecule has 2 amide bonds. The van der Waals surface area contributed by atoms with Crippen LogP contribution < -0.4 is 10.6 Å². The van der Waals surface area contributed by atoms with E-state index in [-0.39, 0.29) is 11.8 Å². The lowest BCUT2D eigenvalue weighted by Gasteiger charge is -2.11. The van der Waals surface area contributed by atoms with E-state index >= 15 is 0 Å². The van der Waals surface area contributed by atoms with Crippen LogP contribution in [0, 0.1) is 6.92 Å². The van der Waals surface area contributed by atoms with Crippen molar-refractivity contribution in [1.29, 1.82) is 0 Å². The van der Waals surface area contributed by atoms with Crippen LogP contribution in [0.1, 0.15) is 23.0 Å². The average molecular weight is 411 g/mol. The smallest absolute Gasteiger partial charge is 0.255 e. The van der Waals surface area contributed by atoms with E-state index in [1.165, 1.54) is 6.92 Å². The summed E-state index contributed by atoms with van der Waals surface area (Å²) in [7, 11) is 0. The number of carbonyl (C=O) groups is 2. The van der Waals surface area contributed by atoms with Crippen molar-refractivity contribution < 1.29 is 9.59 Å². The maximum Gasteiger partial charge on any atom is 0.255 e. The number of carbonyl (C=O) groups excluding carboxylic acids is 2. The van der Waals surface area contributed by atoms with Gasteiger partial charge in [0.05, 0.1) is 23.3 Å². The van der Waals surface area contributed by atoms with Gasteiger partial charge in [0.2, 0.25) is 5.91 Å². The fraction of sp³-hybridized carbons (Fsp3) is 0.0833. The Bertz CT molecular complexity index is 1220. The van der Waals surface area contributed by atoms with Crippen LogP contribution in [-0.4, -0.2) is 26.6 Å². The predicted octanol–water partition coefficient (Wildman–Crippen LogP) is 4.45. The van der Waals surface area contributed by atoms with Crippen LogP contribution in [0.25, 0.3) is 16.8 Å². The Morgan fingerprint density at radius 1 is 0.903 bits per heavy atom. The van der Waals surface area contributed by atoms with Crippen molar-refractivity contribution in [2.75, 3.05) is 10.6 Å². The van der Waals surface area contributed by atoms with E-state index in [9.17, 15) is 9.59 Å². The normalized spacial score (nSPS) is 10.5. The van der Waals surface area contributed by atoms with Gasteiger partial charge in [-0.2, -0.15) is 5.10 Å². The third-order valence-electron chi connectivity index (χ3n) is 4.71. The highest BCUT2D eigenvalue weighted by molar-refractivity contribution is 6.04. The van der Waals surface area contributed by atoms with Gasteiger partial charge in [0.15, 0.2) is 0 Å². The van der Waals surface area contributed by atoms with Crippen LogP contribution in [0.2, 0.25) is 0 Å². The molecule has 0 radical (unpaired) electrons. The average Bonchev–Trinajstić information content (AvgIpc) is 3.10. The van der Waals surface area contributed by atoms with E-state index in [4.69, 9.17) is 0 Å². The van der Waals surface area contributed by atoms with Crippen LogP contribution in [-0.2, 0) is 4.79 Å². The Labute approximate surface area is 179 Å². The molecule has 0 aliphatic carbocycles. The highest BCUT2D eigenvalue weighted by Crippen LogP contribution is 2.33. The van der Waals surface area contributed by atoms with E-state index in [0.717, 1.165) is 22.5 Å². The lowest BCUT2D eigenvalue weighted by atomic mass is 10.1. The maximum absolute atomic E-state index is 12.5. The number of hydrogen-bond acceptors (Lipinski definition) is 4. The zero-order chi connectivity index (χ0) is 21.8. The van der Waals surface area contributed by atoms with E-state index in [0.29, 0.717) is 17.1 Å². The van der Waals surface area contributed by atoms with Crippen LogP contribution in [0.5, 0.6) is 0 Å². The van der Waals surface area contributed by atoms with E-state index in [1.54, 1.807) is 53.5 Å². The Morgan fingerprint density at radius 2 is 1.65 bits per heavy atom. The Hall–Kier alpha value is -4.26. The quantitative estimate of drug-likeness (QED) is 0.508. The molecule has 2 N–H and O–H groups in total. The number of rotatable bonds is 5. The summed E-state index contributed by atoms with van der Waals surface area (Å²) in [6.07, 6.45) is 3.23. The van der Waals surface area contributed by atoms with Gasteiger partial charge in [0.25, 0.3) is 5.91 Å². The van der Waals surface area contributed by atoms with E-state index in [1.807, 2.05) is 37.3 Å². The first-order valence-electron chi connectivity index (χ1n) is 9.77. The summed E-state index contributed by atoms with van der Waals surface area (Å²) < 4.78 is 1.68. The van der Waals surface area contributed by atoms with Crippen molar-refractivity contribution >= 4 is 23.3 Å². The predicted molar refractivity (Wildman–Crippen MR) is 120 cm³/mol. The Morgan fingerprint density at radius 3 is 2.29 bits per heavy atom. The minimum absolute atomic E-state index is 0.189. The number of anilines is 2.